The molecule has 0 saturated carbocycles. The minimum absolute atomic E-state index is 0.249. The van der Waals surface area contributed by atoms with Crippen LogP contribution >= 0.6 is 0 Å². The van der Waals surface area contributed by atoms with Crippen LogP contribution in [-0.2, 0) is 10.0 Å². The monoisotopic (exact) mass is 308 g/mol. The number of nitrogens with zero attached hydrogens (tertiary/aromatic N) is 1. The van der Waals surface area contributed by atoms with Gasteiger partial charge in [0.2, 0.25) is 0 Å². The zero-order valence-electron chi connectivity index (χ0n) is 11.1. The Hall–Kier alpha value is -2.41. The second kappa shape index (κ2) is 5.92. The lowest BCUT2D eigenvalue weighted by Crippen LogP contribution is -2.14. The van der Waals surface area contributed by atoms with E-state index >= 15 is 0 Å². The number of oxime groups is 1. The summed E-state index contributed by atoms with van der Waals surface area (Å²) in [6.45, 7) is 1.57. The highest BCUT2D eigenvalue weighted by Crippen LogP contribution is 2.19. The Morgan fingerprint density at radius 3 is 2.57 bits per heavy atom. The Morgan fingerprint density at radius 2 is 1.90 bits per heavy atom. The van der Waals surface area contributed by atoms with E-state index in [2.05, 4.69) is 9.88 Å². The van der Waals surface area contributed by atoms with E-state index in [1.54, 1.807) is 19.1 Å². The van der Waals surface area contributed by atoms with Crippen molar-refractivity contribution in [1.29, 1.82) is 0 Å². The minimum Gasteiger partial charge on any atom is -0.411 e. The normalized spacial score (nSPS) is 12.2. The van der Waals surface area contributed by atoms with E-state index in [9.17, 15) is 12.8 Å². The van der Waals surface area contributed by atoms with Crippen LogP contribution in [0.15, 0.2) is 58.6 Å². The van der Waals surface area contributed by atoms with E-state index in [0.717, 1.165) is 6.07 Å². The predicted octanol–water partition coefficient (Wildman–Crippen LogP) is 2.82. The summed E-state index contributed by atoms with van der Waals surface area (Å²) in [5, 5.41) is 11.8. The van der Waals surface area contributed by atoms with Gasteiger partial charge in [0.05, 0.1) is 5.71 Å². The second-order valence-corrected chi connectivity index (χ2v) is 5.95. The van der Waals surface area contributed by atoms with E-state index in [4.69, 9.17) is 5.21 Å². The van der Waals surface area contributed by atoms with Gasteiger partial charge in [-0.2, -0.15) is 0 Å². The van der Waals surface area contributed by atoms with Gasteiger partial charge < -0.3 is 5.21 Å². The number of nitrogens with one attached hydrogen (secondary N) is 1. The van der Waals surface area contributed by atoms with Crippen molar-refractivity contribution in [2.45, 2.75) is 11.8 Å². The van der Waals surface area contributed by atoms with Gasteiger partial charge in [-0.1, -0.05) is 29.4 Å². The van der Waals surface area contributed by atoms with Crippen LogP contribution in [0.4, 0.5) is 10.1 Å². The highest BCUT2D eigenvalue weighted by molar-refractivity contribution is 7.92. The number of hydrogen-bond donors (Lipinski definition) is 2. The third kappa shape index (κ3) is 3.38. The fourth-order valence-corrected chi connectivity index (χ4v) is 2.87. The van der Waals surface area contributed by atoms with Crippen molar-refractivity contribution in [3.63, 3.8) is 0 Å². The number of halogens is 1. The zero-order chi connectivity index (χ0) is 15.5. The SMILES string of the molecule is C/C(=N\O)c1cccc(NS(=O)(=O)c2ccccc2F)c1. The average Bonchev–Trinajstić information content (AvgIpc) is 2.46. The molecule has 2 aromatic carbocycles. The van der Waals surface area contributed by atoms with Gasteiger partial charge in [-0.05, 0) is 31.2 Å². The van der Waals surface area contributed by atoms with Crippen molar-refractivity contribution >= 4 is 21.4 Å². The Kier molecular flexibility index (Phi) is 4.23. The van der Waals surface area contributed by atoms with E-state index < -0.39 is 20.7 Å². The number of anilines is 1. The van der Waals surface area contributed by atoms with Crippen molar-refractivity contribution in [2.75, 3.05) is 4.72 Å². The zero-order valence-corrected chi connectivity index (χ0v) is 11.9. The molecule has 0 heterocycles. The van der Waals surface area contributed by atoms with Crippen LogP contribution in [0.25, 0.3) is 0 Å². The molecule has 2 aromatic rings. The highest BCUT2D eigenvalue weighted by atomic mass is 32.2. The molecule has 0 saturated heterocycles. The molecule has 2 rings (SSSR count). The van der Waals surface area contributed by atoms with Crippen LogP contribution in [0, 0.1) is 5.82 Å². The first-order valence-corrected chi connectivity index (χ1v) is 7.49. The molecule has 0 spiro atoms. The fraction of sp³-hybridized carbons (Fsp3) is 0.0714. The van der Waals surface area contributed by atoms with Crippen molar-refractivity contribution < 1.29 is 18.0 Å². The number of benzene rings is 2. The quantitative estimate of drug-likeness (QED) is 0.518. The Bertz CT molecular complexity index is 788. The topological polar surface area (TPSA) is 78.8 Å². The molecule has 0 unspecified atom stereocenters. The number of sulfonamides is 1. The van der Waals surface area contributed by atoms with E-state index in [1.165, 1.54) is 30.3 Å². The number of hydrogen-bond acceptors (Lipinski definition) is 4. The molecule has 110 valence electrons. The van der Waals surface area contributed by atoms with Crippen molar-refractivity contribution in [2.24, 2.45) is 5.16 Å². The Morgan fingerprint density at radius 1 is 1.19 bits per heavy atom. The summed E-state index contributed by atoms with van der Waals surface area (Å²) in [6, 6.07) is 11.4. The molecule has 5 nitrogen and oxygen atoms in total. The molecule has 0 amide bonds. The molecular weight excluding hydrogens is 295 g/mol. The predicted molar refractivity (Wildman–Crippen MR) is 77.6 cm³/mol. The van der Waals surface area contributed by atoms with Crippen molar-refractivity contribution in [3.05, 3.63) is 59.9 Å². The highest BCUT2D eigenvalue weighted by Gasteiger charge is 2.18. The van der Waals surface area contributed by atoms with Gasteiger partial charge in [-0.15, -0.1) is 0 Å². The smallest absolute Gasteiger partial charge is 0.264 e. The number of rotatable bonds is 4. The third-order valence-electron chi connectivity index (χ3n) is 2.81. The lowest BCUT2D eigenvalue weighted by atomic mass is 10.1. The minimum atomic E-state index is -4.02. The molecule has 0 aliphatic heterocycles. The van der Waals surface area contributed by atoms with Crippen molar-refractivity contribution in [3.8, 4) is 0 Å². The van der Waals surface area contributed by atoms with Gasteiger partial charge in [0.15, 0.2) is 0 Å². The molecule has 7 heteroatoms. The summed E-state index contributed by atoms with van der Waals surface area (Å²) in [5.41, 5.74) is 1.13. The van der Waals surface area contributed by atoms with Gasteiger partial charge in [0.25, 0.3) is 10.0 Å². The lowest BCUT2D eigenvalue weighted by molar-refractivity contribution is 0.319. The van der Waals surface area contributed by atoms with Gasteiger partial charge >= 0.3 is 0 Å². The van der Waals surface area contributed by atoms with Crippen LogP contribution in [0.5, 0.6) is 0 Å². The lowest BCUT2D eigenvalue weighted by Gasteiger charge is -2.09. The van der Waals surface area contributed by atoms with Crippen LogP contribution < -0.4 is 4.72 Å². The molecule has 0 aromatic heterocycles. The molecule has 0 radical (unpaired) electrons. The largest absolute Gasteiger partial charge is 0.411 e. The molecule has 21 heavy (non-hydrogen) atoms. The van der Waals surface area contributed by atoms with Crippen LogP contribution in [0.3, 0.4) is 0 Å². The van der Waals surface area contributed by atoms with Gasteiger partial charge in [0, 0.05) is 11.3 Å². The van der Waals surface area contributed by atoms with Crippen LogP contribution in [0.1, 0.15) is 12.5 Å². The first-order valence-electron chi connectivity index (χ1n) is 6.00. The summed E-state index contributed by atoms with van der Waals surface area (Å²) in [6.07, 6.45) is 0. The maximum Gasteiger partial charge on any atom is 0.264 e. The van der Waals surface area contributed by atoms with E-state index in [-0.39, 0.29) is 5.69 Å². The third-order valence-corrected chi connectivity index (χ3v) is 4.22. The standard InChI is InChI=1S/C14H13FN2O3S/c1-10(16-18)11-5-4-6-12(9-11)17-21(19,20)14-8-3-2-7-13(14)15/h2-9,17-18H,1H3/b16-10+. The summed E-state index contributed by atoms with van der Waals surface area (Å²) in [7, 11) is -4.02. The average molecular weight is 308 g/mol. The first kappa shape index (κ1) is 15.0. The second-order valence-electron chi connectivity index (χ2n) is 4.30. The summed E-state index contributed by atoms with van der Waals surface area (Å²) < 4.78 is 40.2. The van der Waals surface area contributed by atoms with Gasteiger partial charge in [-0.3, -0.25) is 4.72 Å². The molecule has 0 atom stereocenters. The van der Waals surface area contributed by atoms with E-state index in [1.807, 2.05) is 0 Å². The first-order chi connectivity index (χ1) is 9.94. The van der Waals surface area contributed by atoms with E-state index in [0.29, 0.717) is 11.3 Å². The molecule has 0 fully saturated rings. The molecule has 2 N–H and O–H groups in total. The van der Waals surface area contributed by atoms with Crippen LogP contribution in [0.2, 0.25) is 0 Å². The maximum atomic E-state index is 13.6. The Balaban J connectivity index is 2.36. The summed E-state index contributed by atoms with van der Waals surface area (Å²) >= 11 is 0. The fourth-order valence-electron chi connectivity index (χ4n) is 1.74. The maximum absolute atomic E-state index is 13.6. The molecule has 0 aliphatic rings. The molecule has 0 bridgehead atoms. The molecule has 0 aliphatic carbocycles. The summed E-state index contributed by atoms with van der Waals surface area (Å²) in [5.74, 6) is -0.825. The van der Waals surface area contributed by atoms with Crippen LogP contribution in [-0.4, -0.2) is 19.3 Å². The van der Waals surface area contributed by atoms with Gasteiger partial charge in [-0.25, -0.2) is 12.8 Å². The molecular formula is C14H13FN2O3S. The summed E-state index contributed by atoms with van der Waals surface area (Å²) in [4.78, 5) is -0.428. The Labute approximate surface area is 121 Å². The van der Waals surface area contributed by atoms with Gasteiger partial charge in [0.1, 0.15) is 10.7 Å². The van der Waals surface area contributed by atoms with Crippen molar-refractivity contribution in [1.82, 2.24) is 0 Å².